The van der Waals surface area contributed by atoms with Crippen LogP contribution in [0.1, 0.15) is 47.4 Å². The number of benzene rings is 2. The molecule has 0 spiro atoms. The van der Waals surface area contributed by atoms with Gasteiger partial charge in [-0.05, 0) is 61.1 Å². The number of thiazole rings is 1. The average molecular weight is 535 g/mol. The van der Waals surface area contributed by atoms with E-state index < -0.39 is 30.1 Å². The summed E-state index contributed by atoms with van der Waals surface area (Å²) >= 11 is 1.55. The van der Waals surface area contributed by atoms with E-state index in [1.54, 1.807) is 39.9 Å². The first kappa shape index (κ1) is 26.0. The topological polar surface area (TPSA) is 82.6 Å². The van der Waals surface area contributed by atoms with Crippen LogP contribution in [0.15, 0.2) is 48.0 Å². The van der Waals surface area contributed by atoms with E-state index >= 15 is 4.39 Å². The Morgan fingerprint density at radius 3 is 2.58 bits per heavy atom. The van der Waals surface area contributed by atoms with Gasteiger partial charge in [-0.3, -0.25) is 14.4 Å². The fraction of sp³-hybridized carbons (Fsp3) is 0.379. The summed E-state index contributed by atoms with van der Waals surface area (Å²) in [6.07, 6.45) is -1.41. The number of halogens is 1. The van der Waals surface area contributed by atoms with Crippen LogP contribution in [0.3, 0.4) is 0 Å². The number of aryl methyl sites for hydroxylation is 2. The molecule has 1 unspecified atom stereocenters. The zero-order valence-electron chi connectivity index (χ0n) is 21.9. The van der Waals surface area contributed by atoms with E-state index in [1.165, 1.54) is 4.90 Å². The van der Waals surface area contributed by atoms with Crippen molar-refractivity contribution in [2.24, 2.45) is 5.92 Å². The van der Waals surface area contributed by atoms with E-state index in [0.717, 1.165) is 27.3 Å². The minimum absolute atomic E-state index is 0.0748. The van der Waals surface area contributed by atoms with Gasteiger partial charge in [0.25, 0.3) is 5.91 Å². The monoisotopic (exact) mass is 534 g/mol. The summed E-state index contributed by atoms with van der Waals surface area (Å²) in [6, 6.07) is 10.9. The molecule has 0 bridgehead atoms. The minimum Gasteiger partial charge on any atom is -0.326 e. The van der Waals surface area contributed by atoms with Gasteiger partial charge in [0.2, 0.25) is 11.8 Å². The van der Waals surface area contributed by atoms with Crippen molar-refractivity contribution < 1.29 is 18.8 Å². The molecule has 1 aromatic heterocycles. The minimum atomic E-state index is -1.49. The Kier molecular flexibility index (Phi) is 7.05. The van der Waals surface area contributed by atoms with Crippen molar-refractivity contribution in [3.8, 4) is 10.4 Å². The van der Waals surface area contributed by atoms with Gasteiger partial charge in [-0.15, -0.1) is 11.3 Å². The van der Waals surface area contributed by atoms with Crippen LogP contribution in [0, 0.1) is 19.8 Å². The molecule has 5 rings (SSSR count). The van der Waals surface area contributed by atoms with E-state index in [2.05, 4.69) is 10.3 Å². The van der Waals surface area contributed by atoms with Crippen LogP contribution in [0.25, 0.3) is 10.4 Å². The van der Waals surface area contributed by atoms with Gasteiger partial charge in [-0.1, -0.05) is 38.1 Å². The van der Waals surface area contributed by atoms with E-state index in [1.807, 2.05) is 52.0 Å². The highest BCUT2D eigenvalue weighted by Crippen LogP contribution is 2.33. The number of hydrogen-bond donors (Lipinski definition) is 1. The van der Waals surface area contributed by atoms with Gasteiger partial charge < -0.3 is 15.1 Å². The molecule has 3 amide bonds. The molecule has 7 nitrogen and oxygen atoms in total. The maximum absolute atomic E-state index is 15.1. The fourth-order valence-electron chi connectivity index (χ4n) is 5.49. The second kappa shape index (κ2) is 10.3. The lowest BCUT2D eigenvalue weighted by molar-refractivity contribution is -0.143. The van der Waals surface area contributed by atoms with Crippen LogP contribution in [0.2, 0.25) is 0 Å². The summed E-state index contributed by atoms with van der Waals surface area (Å²) in [5.41, 5.74) is 6.57. The lowest BCUT2D eigenvalue weighted by Gasteiger charge is -2.35. The number of amides is 3. The Morgan fingerprint density at radius 2 is 1.92 bits per heavy atom. The third-order valence-electron chi connectivity index (χ3n) is 7.44. The first-order valence-electron chi connectivity index (χ1n) is 12.8. The molecule has 1 saturated heterocycles. The van der Waals surface area contributed by atoms with E-state index in [-0.39, 0.29) is 24.8 Å². The Bertz CT molecular complexity index is 1400. The number of rotatable bonds is 6. The quantitative estimate of drug-likeness (QED) is 0.483. The molecule has 1 fully saturated rings. The maximum Gasteiger partial charge on any atom is 0.255 e. The predicted molar refractivity (Wildman–Crippen MR) is 146 cm³/mol. The SMILES string of the molecule is Cc1cc(-c2scnc2C)ccc1NC(=O)C1[C@@H](F)CCN1C(=O)[C@H](C(C)C)N1Cc2ccccc2C1=O. The van der Waals surface area contributed by atoms with Gasteiger partial charge >= 0.3 is 0 Å². The first-order chi connectivity index (χ1) is 18.2. The highest BCUT2D eigenvalue weighted by Gasteiger charge is 2.47. The number of carbonyl (C=O) groups excluding carboxylic acids is 3. The highest BCUT2D eigenvalue weighted by molar-refractivity contribution is 7.13. The number of fused-ring (bicyclic) bond motifs is 1. The lowest BCUT2D eigenvalue weighted by Crippen LogP contribution is -2.55. The molecule has 0 radical (unpaired) electrons. The Hall–Kier alpha value is -3.59. The third-order valence-corrected chi connectivity index (χ3v) is 8.42. The normalized spacial score (nSPS) is 19.7. The molecular formula is C29H31FN4O3S. The van der Waals surface area contributed by atoms with Crippen LogP contribution >= 0.6 is 11.3 Å². The van der Waals surface area contributed by atoms with Gasteiger partial charge in [-0.25, -0.2) is 9.37 Å². The van der Waals surface area contributed by atoms with Gasteiger partial charge in [0.05, 0.1) is 16.1 Å². The maximum atomic E-state index is 15.1. The second-order valence-corrected chi connectivity index (χ2v) is 11.2. The summed E-state index contributed by atoms with van der Waals surface area (Å²) in [4.78, 5) is 48.6. The summed E-state index contributed by atoms with van der Waals surface area (Å²) in [7, 11) is 0. The summed E-state index contributed by atoms with van der Waals surface area (Å²) in [5, 5.41) is 2.85. The summed E-state index contributed by atoms with van der Waals surface area (Å²) in [6.45, 7) is 8.00. The van der Waals surface area contributed by atoms with Crippen LogP contribution in [-0.4, -0.2) is 57.3 Å². The van der Waals surface area contributed by atoms with Crippen molar-refractivity contribution in [1.82, 2.24) is 14.8 Å². The molecule has 3 aromatic rings. The molecule has 38 heavy (non-hydrogen) atoms. The number of aromatic nitrogens is 1. The van der Waals surface area contributed by atoms with Crippen LogP contribution in [0.4, 0.5) is 10.1 Å². The van der Waals surface area contributed by atoms with Crippen molar-refractivity contribution >= 4 is 34.7 Å². The van der Waals surface area contributed by atoms with Crippen LogP contribution in [-0.2, 0) is 16.1 Å². The molecule has 0 saturated carbocycles. The number of alkyl halides is 1. The number of nitrogens with zero attached hydrogens (tertiary/aromatic N) is 3. The van der Waals surface area contributed by atoms with Crippen molar-refractivity contribution in [2.75, 3.05) is 11.9 Å². The highest BCUT2D eigenvalue weighted by atomic mass is 32.1. The molecule has 198 valence electrons. The summed E-state index contributed by atoms with van der Waals surface area (Å²) < 4.78 is 15.1. The third kappa shape index (κ3) is 4.60. The molecule has 2 aliphatic heterocycles. The smallest absolute Gasteiger partial charge is 0.255 e. The number of nitrogens with one attached hydrogen (secondary N) is 1. The van der Waals surface area contributed by atoms with Crippen LogP contribution < -0.4 is 5.32 Å². The van der Waals surface area contributed by atoms with Gasteiger partial charge in [0.1, 0.15) is 18.3 Å². The summed E-state index contributed by atoms with van der Waals surface area (Å²) in [5.74, 6) is -1.38. The van der Waals surface area contributed by atoms with E-state index in [4.69, 9.17) is 0 Å². The Morgan fingerprint density at radius 1 is 1.16 bits per heavy atom. The average Bonchev–Trinajstić information content (AvgIpc) is 3.57. The number of anilines is 1. The molecule has 3 atom stereocenters. The lowest BCUT2D eigenvalue weighted by atomic mass is 10.00. The zero-order valence-corrected chi connectivity index (χ0v) is 22.7. The fourth-order valence-corrected chi connectivity index (χ4v) is 6.29. The van der Waals surface area contributed by atoms with Crippen molar-refractivity contribution in [2.45, 2.75) is 58.9 Å². The molecule has 3 heterocycles. The van der Waals surface area contributed by atoms with Gasteiger partial charge in [-0.2, -0.15) is 0 Å². The molecule has 9 heteroatoms. The predicted octanol–water partition coefficient (Wildman–Crippen LogP) is 4.99. The zero-order chi connectivity index (χ0) is 27.1. The Labute approximate surface area is 225 Å². The number of carbonyl (C=O) groups is 3. The second-order valence-electron chi connectivity index (χ2n) is 10.3. The van der Waals surface area contributed by atoms with Crippen molar-refractivity contribution in [3.63, 3.8) is 0 Å². The van der Waals surface area contributed by atoms with Gasteiger partial charge in [0.15, 0.2) is 0 Å². The molecular weight excluding hydrogens is 503 g/mol. The first-order valence-corrected chi connectivity index (χ1v) is 13.7. The van der Waals surface area contributed by atoms with Crippen molar-refractivity contribution in [1.29, 1.82) is 0 Å². The van der Waals surface area contributed by atoms with Gasteiger partial charge in [0, 0.05) is 24.3 Å². The number of likely N-dealkylation sites (tertiary alicyclic amines) is 1. The van der Waals surface area contributed by atoms with E-state index in [0.29, 0.717) is 17.8 Å². The van der Waals surface area contributed by atoms with Crippen molar-refractivity contribution in [3.05, 3.63) is 70.4 Å². The number of hydrogen-bond acceptors (Lipinski definition) is 5. The van der Waals surface area contributed by atoms with E-state index in [9.17, 15) is 14.4 Å². The molecule has 2 aromatic carbocycles. The molecule has 0 aliphatic carbocycles. The Balaban J connectivity index is 1.36. The standard InChI is InChI=1S/C29H31FN4O3S/c1-16(2)24(34-14-20-7-5-6-8-21(20)28(34)36)29(37)33-12-11-22(30)25(33)27(35)32-23-10-9-19(13-17(23)3)26-18(4)31-15-38-26/h5-10,13,15-16,22,24-25H,11-12,14H2,1-4H3,(H,32,35)/t22-,24-,25?/m0/s1. The van der Waals surface area contributed by atoms with Crippen LogP contribution in [0.5, 0.6) is 0 Å². The molecule has 2 aliphatic rings. The molecule has 1 N–H and O–H groups in total. The largest absolute Gasteiger partial charge is 0.326 e.